The Labute approximate surface area is 145 Å². The van der Waals surface area contributed by atoms with Crippen LogP contribution in [0.3, 0.4) is 0 Å². The minimum Gasteiger partial charge on any atom is -0.423 e. The molecule has 2 N–H and O–H groups in total. The first-order chi connectivity index (χ1) is 12.2. The zero-order valence-electron chi connectivity index (χ0n) is 13.9. The third kappa shape index (κ3) is 3.42. The number of rotatable bonds is 4. The van der Waals surface area contributed by atoms with Crippen LogP contribution in [-0.4, -0.2) is 15.0 Å². The number of para-hydroxylation sites is 2. The van der Waals surface area contributed by atoms with E-state index in [-0.39, 0.29) is 0 Å². The molecule has 2 heterocycles. The van der Waals surface area contributed by atoms with Crippen molar-refractivity contribution in [2.24, 2.45) is 0 Å². The molecule has 0 spiro atoms. The number of aryl methyl sites for hydroxylation is 2. The molecule has 4 rings (SSSR count). The molecule has 0 unspecified atom stereocenters. The summed E-state index contributed by atoms with van der Waals surface area (Å²) in [5.74, 6) is 0.580. The molecule has 0 fully saturated rings. The molecule has 0 atom stereocenters. The first kappa shape index (κ1) is 15.1. The Kier molecular flexibility index (Phi) is 3.78. The molecule has 0 saturated heterocycles. The number of anilines is 4. The van der Waals surface area contributed by atoms with Gasteiger partial charge in [-0.25, -0.2) is 9.97 Å². The van der Waals surface area contributed by atoms with Gasteiger partial charge in [0.15, 0.2) is 5.58 Å². The Morgan fingerprint density at radius 2 is 1.48 bits per heavy atom. The lowest BCUT2D eigenvalue weighted by atomic mass is 10.3. The molecular formula is C19H17N5O. The van der Waals surface area contributed by atoms with Gasteiger partial charge in [0.1, 0.15) is 5.52 Å². The largest absolute Gasteiger partial charge is 0.423 e. The van der Waals surface area contributed by atoms with Crippen molar-refractivity contribution in [1.29, 1.82) is 0 Å². The lowest BCUT2D eigenvalue weighted by molar-refractivity contribution is 0.623. The average molecular weight is 331 g/mol. The summed E-state index contributed by atoms with van der Waals surface area (Å²) in [5.41, 5.74) is 5.17. The van der Waals surface area contributed by atoms with Crippen molar-refractivity contribution in [2.45, 2.75) is 13.8 Å². The normalized spacial score (nSPS) is 10.8. The third-order valence-electron chi connectivity index (χ3n) is 3.65. The summed E-state index contributed by atoms with van der Waals surface area (Å²) in [6.07, 6.45) is 0. The van der Waals surface area contributed by atoms with Gasteiger partial charge in [-0.15, -0.1) is 0 Å². The van der Waals surface area contributed by atoms with Gasteiger partial charge in [-0.1, -0.05) is 18.2 Å². The minimum atomic E-state index is 0.459. The van der Waals surface area contributed by atoms with E-state index in [1.165, 1.54) is 0 Å². The van der Waals surface area contributed by atoms with Crippen LogP contribution in [0.25, 0.3) is 11.1 Å². The lowest BCUT2D eigenvalue weighted by Crippen LogP contribution is -2.00. The van der Waals surface area contributed by atoms with Gasteiger partial charge in [0.25, 0.3) is 6.01 Å². The number of hydrogen-bond acceptors (Lipinski definition) is 6. The van der Waals surface area contributed by atoms with Gasteiger partial charge < -0.3 is 15.1 Å². The molecule has 2 aromatic carbocycles. The van der Waals surface area contributed by atoms with Crippen LogP contribution in [-0.2, 0) is 0 Å². The maximum absolute atomic E-state index is 5.69. The Morgan fingerprint density at radius 3 is 2.24 bits per heavy atom. The molecule has 6 heteroatoms. The third-order valence-corrected chi connectivity index (χ3v) is 3.65. The minimum absolute atomic E-state index is 0.459. The quantitative estimate of drug-likeness (QED) is 0.563. The average Bonchev–Trinajstić information content (AvgIpc) is 2.96. The van der Waals surface area contributed by atoms with Crippen LogP contribution in [0.4, 0.5) is 23.3 Å². The predicted octanol–water partition coefficient (Wildman–Crippen LogP) is 4.72. The zero-order valence-corrected chi connectivity index (χ0v) is 13.9. The Balaban J connectivity index is 1.56. The highest BCUT2D eigenvalue weighted by atomic mass is 16.4. The maximum atomic E-state index is 5.69. The van der Waals surface area contributed by atoms with E-state index in [0.717, 1.165) is 33.9 Å². The Morgan fingerprint density at radius 1 is 0.760 bits per heavy atom. The summed E-state index contributed by atoms with van der Waals surface area (Å²) in [4.78, 5) is 13.2. The standard InChI is InChI=1S/C19H17N5O/c1-12-10-13(2)21-18(20-12)22-14-6-5-7-15(11-14)23-19-24-16-8-3-4-9-17(16)25-19/h3-11H,1-2H3,(H,23,24)(H,20,21,22). The van der Waals surface area contributed by atoms with Gasteiger partial charge in [-0.3, -0.25) is 0 Å². The van der Waals surface area contributed by atoms with Gasteiger partial charge >= 0.3 is 0 Å². The van der Waals surface area contributed by atoms with E-state index >= 15 is 0 Å². The number of nitrogens with zero attached hydrogens (tertiary/aromatic N) is 3. The molecule has 0 bridgehead atoms. The highest BCUT2D eigenvalue weighted by Gasteiger charge is 2.06. The van der Waals surface area contributed by atoms with Gasteiger partial charge in [-0.2, -0.15) is 4.98 Å². The van der Waals surface area contributed by atoms with Crippen LogP contribution in [0, 0.1) is 13.8 Å². The second kappa shape index (κ2) is 6.24. The molecule has 124 valence electrons. The van der Waals surface area contributed by atoms with Crippen molar-refractivity contribution < 1.29 is 4.42 Å². The predicted molar refractivity (Wildman–Crippen MR) is 98.5 cm³/mol. The fourth-order valence-electron chi connectivity index (χ4n) is 2.63. The monoisotopic (exact) mass is 331 g/mol. The molecule has 2 aromatic heterocycles. The van der Waals surface area contributed by atoms with Gasteiger partial charge in [0, 0.05) is 22.8 Å². The van der Waals surface area contributed by atoms with Gasteiger partial charge in [-0.05, 0) is 50.2 Å². The lowest BCUT2D eigenvalue weighted by Gasteiger charge is -2.08. The van der Waals surface area contributed by atoms with Gasteiger partial charge in [0.2, 0.25) is 5.95 Å². The number of nitrogens with one attached hydrogen (secondary N) is 2. The van der Waals surface area contributed by atoms with Crippen LogP contribution in [0.15, 0.2) is 59.0 Å². The van der Waals surface area contributed by atoms with Crippen LogP contribution < -0.4 is 10.6 Å². The fourth-order valence-corrected chi connectivity index (χ4v) is 2.63. The number of fused-ring (bicyclic) bond motifs is 1. The van der Waals surface area contributed by atoms with E-state index in [1.807, 2.05) is 68.4 Å². The molecule has 6 nitrogen and oxygen atoms in total. The summed E-state index contributed by atoms with van der Waals surface area (Å²) in [5, 5.41) is 6.41. The second-order valence-electron chi connectivity index (χ2n) is 5.79. The smallest absolute Gasteiger partial charge is 0.300 e. The van der Waals surface area contributed by atoms with Crippen molar-refractivity contribution in [3.05, 3.63) is 66.0 Å². The number of aromatic nitrogens is 3. The maximum Gasteiger partial charge on any atom is 0.300 e. The highest BCUT2D eigenvalue weighted by molar-refractivity contribution is 5.75. The van der Waals surface area contributed by atoms with Crippen molar-refractivity contribution in [3.8, 4) is 0 Å². The van der Waals surface area contributed by atoms with Crippen molar-refractivity contribution in [2.75, 3.05) is 10.6 Å². The number of benzene rings is 2. The summed E-state index contributed by atoms with van der Waals surface area (Å²) in [6.45, 7) is 3.90. The van der Waals surface area contributed by atoms with Crippen molar-refractivity contribution in [1.82, 2.24) is 15.0 Å². The summed E-state index contributed by atoms with van der Waals surface area (Å²) >= 11 is 0. The van der Waals surface area contributed by atoms with E-state index in [2.05, 4.69) is 25.6 Å². The Hall–Kier alpha value is -3.41. The van der Waals surface area contributed by atoms with Crippen LogP contribution in [0.2, 0.25) is 0 Å². The molecule has 25 heavy (non-hydrogen) atoms. The molecule has 4 aromatic rings. The second-order valence-corrected chi connectivity index (χ2v) is 5.79. The highest BCUT2D eigenvalue weighted by Crippen LogP contribution is 2.24. The molecular weight excluding hydrogens is 314 g/mol. The molecule has 0 radical (unpaired) electrons. The summed E-state index contributed by atoms with van der Waals surface area (Å²) in [7, 11) is 0. The summed E-state index contributed by atoms with van der Waals surface area (Å²) < 4.78 is 5.69. The van der Waals surface area contributed by atoms with Gasteiger partial charge in [0.05, 0.1) is 0 Å². The van der Waals surface area contributed by atoms with E-state index in [4.69, 9.17) is 4.42 Å². The van der Waals surface area contributed by atoms with E-state index in [0.29, 0.717) is 12.0 Å². The van der Waals surface area contributed by atoms with E-state index in [1.54, 1.807) is 0 Å². The SMILES string of the molecule is Cc1cc(C)nc(Nc2cccc(Nc3nc4ccccc4o3)c2)n1. The fraction of sp³-hybridized carbons (Fsp3) is 0.105. The molecule has 0 aliphatic carbocycles. The zero-order chi connectivity index (χ0) is 17.2. The molecule has 0 aliphatic rings. The molecule has 0 aliphatic heterocycles. The van der Waals surface area contributed by atoms with E-state index in [9.17, 15) is 0 Å². The van der Waals surface area contributed by atoms with Crippen molar-refractivity contribution in [3.63, 3.8) is 0 Å². The van der Waals surface area contributed by atoms with Crippen molar-refractivity contribution >= 4 is 34.4 Å². The topological polar surface area (TPSA) is 75.9 Å². The molecule has 0 amide bonds. The van der Waals surface area contributed by atoms with Crippen LogP contribution in [0.1, 0.15) is 11.4 Å². The van der Waals surface area contributed by atoms with Crippen LogP contribution >= 0.6 is 0 Å². The molecule has 0 saturated carbocycles. The van der Waals surface area contributed by atoms with Crippen LogP contribution in [0.5, 0.6) is 0 Å². The number of oxazole rings is 1. The summed E-state index contributed by atoms with van der Waals surface area (Å²) in [6, 6.07) is 17.9. The Bertz CT molecular complexity index is 988. The number of hydrogen-bond donors (Lipinski definition) is 2. The first-order valence-electron chi connectivity index (χ1n) is 7.98. The van der Waals surface area contributed by atoms with E-state index < -0.39 is 0 Å². The first-order valence-corrected chi connectivity index (χ1v) is 7.98.